The third-order valence-corrected chi connectivity index (χ3v) is 4.08. The molecule has 0 heterocycles. The monoisotopic (exact) mass is 280 g/mol. The van der Waals surface area contributed by atoms with Gasteiger partial charge in [-0.3, -0.25) is 9.59 Å². The molecule has 0 radical (unpaired) electrons. The Bertz CT molecular complexity index is 690. The van der Waals surface area contributed by atoms with Crippen LogP contribution in [-0.4, -0.2) is 17.8 Å². The van der Waals surface area contributed by atoms with E-state index >= 15 is 0 Å². The van der Waals surface area contributed by atoms with E-state index in [1.165, 1.54) is 0 Å². The molecular formula is C17H12O2S. The molecule has 0 bridgehead atoms. The predicted octanol–water partition coefficient (Wildman–Crippen LogP) is 3.87. The molecule has 0 unspecified atom stereocenters. The zero-order chi connectivity index (χ0) is 14.1. The highest BCUT2D eigenvalue weighted by Gasteiger charge is 2.32. The van der Waals surface area contributed by atoms with Crippen molar-refractivity contribution < 1.29 is 9.59 Å². The number of benzene rings is 2. The van der Waals surface area contributed by atoms with Crippen molar-refractivity contribution in [3.8, 4) is 0 Å². The molecule has 0 N–H and O–H groups in total. The Morgan fingerprint density at radius 2 is 1.40 bits per heavy atom. The first kappa shape index (κ1) is 12.9. The lowest BCUT2D eigenvalue weighted by molar-refractivity contribution is 0.0990. The van der Waals surface area contributed by atoms with Gasteiger partial charge in [0.15, 0.2) is 11.6 Å². The molecule has 3 heteroatoms. The number of allylic oxidation sites excluding steroid dienone is 1. The summed E-state index contributed by atoms with van der Waals surface area (Å²) in [6.07, 6.45) is 3.68. The Balaban J connectivity index is 2.01. The third kappa shape index (κ3) is 2.10. The maximum atomic E-state index is 12.2. The Morgan fingerprint density at radius 3 is 1.90 bits per heavy atom. The minimum absolute atomic E-state index is 0.181. The molecule has 1 aliphatic rings. The standard InChI is InChI=1S/C17H12O2S/c1-20-12-8-6-11(7-9-12)10-15-16(18)13-4-2-3-5-14(13)17(15)19/h2-10H,1H3. The average molecular weight is 280 g/mol. The molecule has 0 amide bonds. The van der Waals surface area contributed by atoms with E-state index in [-0.39, 0.29) is 17.1 Å². The summed E-state index contributed by atoms with van der Waals surface area (Å²) in [5.41, 5.74) is 2.13. The van der Waals surface area contributed by atoms with E-state index < -0.39 is 0 Å². The van der Waals surface area contributed by atoms with E-state index in [4.69, 9.17) is 0 Å². The summed E-state index contributed by atoms with van der Waals surface area (Å²) in [6, 6.07) is 14.8. The van der Waals surface area contributed by atoms with Crippen LogP contribution in [0.2, 0.25) is 0 Å². The van der Waals surface area contributed by atoms with Crippen LogP contribution in [-0.2, 0) is 0 Å². The van der Waals surface area contributed by atoms with E-state index in [1.54, 1.807) is 42.1 Å². The molecule has 0 saturated heterocycles. The number of carbonyl (C=O) groups excluding carboxylic acids is 2. The van der Waals surface area contributed by atoms with Gasteiger partial charge in [-0.1, -0.05) is 36.4 Å². The highest BCUT2D eigenvalue weighted by atomic mass is 32.2. The number of hydrogen-bond donors (Lipinski definition) is 0. The second kappa shape index (κ2) is 5.10. The van der Waals surface area contributed by atoms with Crippen molar-refractivity contribution in [2.45, 2.75) is 4.90 Å². The first-order valence-electron chi connectivity index (χ1n) is 6.25. The molecule has 0 fully saturated rings. The van der Waals surface area contributed by atoms with E-state index in [2.05, 4.69) is 0 Å². The van der Waals surface area contributed by atoms with Crippen molar-refractivity contribution in [2.75, 3.05) is 6.26 Å². The number of hydrogen-bond acceptors (Lipinski definition) is 3. The van der Waals surface area contributed by atoms with Gasteiger partial charge in [0, 0.05) is 16.0 Å². The number of ketones is 2. The van der Waals surface area contributed by atoms with Crippen molar-refractivity contribution >= 4 is 29.4 Å². The second-order valence-electron chi connectivity index (χ2n) is 4.54. The van der Waals surface area contributed by atoms with Crippen LogP contribution < -0.4 is 0 Å². The summed E-state index contributed by atoms with van der Waals surface area (Å²) >= 11 is 1.66. The lowest BCUT2D eigenvalue weighted by atomic mass is 10.1. The van der Waals surface area contributed by atoms with Crippen molar-refractivity contribution in [3.63, 3.8) is 0 Å². The zero-order valence-corrected chi connectivity index (χ0v) is 11.7. The Hall–Kier alpha value is -2.13. The minimum Gasteiger partial charge on any atom is -0.288 e. The van der Waals surface area contributed by atoms with E-state index in [1.807, 2.05) is 30.5 Å². The molecule has 3 rings (SSSR count). The predicted molar refractivity (Wildman–Crippen MR) is 81.3 cm³/mol. The molecular weight excluding hydrogens is 268 g/mol. The van der Waals surface area contributed by atoms with Gasteiger partial charge < -0.3 is 0 Å². The van der Waals surface area contributed by atoms with E-state index in [0.29, 0.717) is 11.1 Å². The molecule has 0 aromatic heterocycles. The molecule has 1 aliphatic carbocycles. The van der Waals surface area contributed by atoms with Crippen molar-refractivity contribution in [1.82, 2.24) is 0 Å². The molecule has 0 atom stereocenters. The van der Waals surface area contributed by atoms with Crippen LogP contribution in [0.4, 0.5) is 0 Å². The fraction of sp³-hybridized carbons (Fsp3) is 0.0588. The Morgan fingerprint density at radius 1 is 0.850 bits per heavy atom. The van der Waals surface area contributed by atoms with Gasteiger partial charge in [0.05, 0.1) is 5.57 Å². The number of Topliss-reactive ketones (excluding diaryl/α,β-unsaturated/α-hetero) is 2. The van der Waals surface area contributed by atoms with Crippen molar-refractivity contribution in [3.05, 3.63) is 70.8 Å². The fourth-order valence-electron chi connectivity index (χ4n) is 2.27. The van der Waals surface area contributed by atoms with Gasteiger partial charge in [0.2, 0.25) is 0 Å². The third-order valence-electron chi connectivity index (χ3n) is 3.33. The van der Waals surface area contributed by atoms with Crippen LogP contribution in [0.25, 0.3) is 6.08 Å². The number of thioether (sulfide) groups is 1. The van der Waals surface area contributed by atoms with Crippen molar-refractivity contribution in [1.29, 1.82) is 0 Å². The maximum Gasteiger partial charge on any atom is 0.197 e. The highest BCUT2D eigenvalue weighted by molar-refractivity contribution is 7.98. The molecule has 2 aromatic carbocycles. The first-order chi connectivity index (χ1) is 9.70. The Labute approximate surface area is 121 Å². The molecule has 98 valence electrons. The van der Waals surface area contributed by atoms with Gasteiger partial charge >= 0.3 is 0 Å². The summed E-state index contributed by atoms with van der Waals surface area (Å²) in [7, 11) is 0. The summed E-state index contributed by atoms with van der Waals surface area (Å²) < 4.78 is 0. The molecule has 2 aromatic rings. The first-order valence-corrected chi connectivity index (χ1v) is 7.47. The largest absolute Gasteiger partial charge is 0.288 e. The van der Waals surface area contributed by atoms with E-state index in [0.717, 1.165) is 10.5 Å². The van der Waals surface area contributed by atoms with Crippen LogP contribution >= 0.6 is 11.8 Å². The van der Waals surface area contributed by atoms with Gasteiger partial charge in [-0.05, 0) is 30.0 Å². The topological polar surface area (TPSA) is 34.1 Å². The second-order valence-corrected chi connectivity index (χ2v) is 5.41. The van der Waals surface area contributed by atoms with Gasteiger partial charge in [-0.25, -0.2) is 0 Å². The molecule has 0 saturated carbocycles. The number of fused-ring (bicyclic) bond motifs is 1. The number of carbonyl (C=O) groups is 2. The lowest BCUT2D eigenvalue weighted by Gasteiger charge is -1.98. The van der Waals surface area contributed by atoms with Gasteiger partial charge in [0.25, 0.3) is 0 Å². The maximum absolute atomic E-state index is 12.2. The van der Waals surface area contributed by atoms with Crippen LogP contribution in [0.1, 0.15) is 26.3 Å². The average Bonchev–Trinajstić information content (AvgIpc) is 2.74. The Kier molecular flexibility index (Phi) is 3.28. The summed E-state index contributed by atoms with van der Waals surface area (Å²) in [6.45, 7) is 0. The summed E-state index contributed by atoms with van der Waals surface area (Å²) in [5.74, 6) is -0.362. The van der Waals surface area contributed by atoms with Gasteiger partial charge in [0.1, 0.15) is 0 Å². The minimum atomic E-state index is -0.181. The van der Waals surface area contributed by atoms with E-state index in [9.17, 15) is 9.59 Å². The van der Waals surface area contributed by atoms with Crippen molar-refractivity contribution in [2.24, 2.45) is 0 Å². The molecule has 20 heavy (non-hydrogen) atoms. The van der Waals surface area contributed by atoms with Gasteiger partial charge in [-0.2, -0.15) is 0 Å². The SMILES string of the molecule is CSc1ccc(C=C2C(=O)c3ccccc3C2=O)cc1. The molecule has 0 aliphatic heterocycles. The van der Waals surface area contributed by atoms with Crippen LogP contribution in [0.15, 0.2) is 59.0 Å². The molecule has 2 nitrogen and oxygen atoms in total. The fourth-order valence-corrected chi connectivity index (χ4v) is 2.68. The smallest absolute Gasteiger partial charge is 0.197 e. The van der Waals surface area contributed by atoms with Crippen LogP contribution in [0.5, 0.6) is 0 Å². The number of rotatable bonds is 2. The van der Waals surface area contributed by atoms with Crippen LogP contribution in [0, 0.1) is 0 Å². The highest BCUT2D eigenvalue weighted by Crippen LogP contribution is 2.28. The normalized spacial score (nSPS) is 13.6. The zero-order valence-electron chi connectivity index (χ0n) is 10.9. The lowest BCUT2D eigenvalue weighted by Crippen LogP contribution is -2.00. The van der Waals surface area contributed by atoms with Crippen LogP contribution in [0.3, 0.4) is 0 Å². The summed E-state index contributed by atoms with van der Waals surface area (Å²) in [5, 5.41) is 0. The molecule has 0 spiro atoms. The summed E-state index contributed by atoms with van der Waals surface area (Å²) in [4.78, 5) is 25.6. The quantitative estimate of drug-likeness (QED) is 0.476. The van der Waals surface area contributed by atoms with Gasteiger partial charge in [-0.15, -0.1) is 11.8 Å².